The van der Waals surface area contributed by atoms with Gasteiger partial charge in [-0.15, -0.1) is 0 Å². The van der Waals surface area contributed by atoms with Crippen LogP contribution in [0.5, 0.6) is 0 Å². The van der Waals surface area contributed by atoms with Crippen molar-refractivity contribution in [3.05, 3.63) is 70.9 Å². The second kappa shape index (κ2) is 8.59. The van der Waals surface area contributed by atoms with Gasteiger partial charge in [0, 0.05) is 25.8 Å². The summed E-state index contributed by atoms with van der Waals surface area (Å²) in [6, 6.07) is 16.4. The first-order chi connectivity index (χ1) is 13.7. The highest BCUT2D eigenvalue weighted by molar-refractivity contribution is 6.33. The van der Waals surface area contributed by atoms with Crippen molar-refractivity contribution in [2.24, 2.45) is 0 Å². The third-order valence-electron chi connectivity index (χ3n) is 4.95. The summed E-state index contributed by atoms with van der Waals surface area (Å²) in [4.78, 5) is 18.7. The van der Waals surface area contributed by atoms with E-state index in [4.69, 9.17) is 16.3 Å². The quantitative estimate of drug-likeness (QED) is 0.709. The monoisotopic (exact) mass is 395 g/mol. The fourth-order valence-corrected chi connectivity index (χ4v) is 3.69. The van der Waals surface area contributed by atoms with Crippen LogP contribution in [0.1, 0.15) is 15.9 Å². The van der Waals surface area contributed by atoms with Crippen molar-refractivity contribution in [3.8, 4) is 0 Å². The van der Waals surface area contributed by atoms with Crippen molar-refractivity contribution in [2.75, 3.05) is 38.2 Å². The van der Waals surface area contributed by atoms with Gasteiger partial charge >= 0.3 is 0 Å². The van der Waals surface area contributed by atoms with Crippen molar-refractivity contribution >= 4 is 34.1 Å². The van der Waals surface area contributed by atoms with Gasteiger partial charge in [0.05, 0.1) is 23.8 Å². The van der Waals surface area contributed by atoms with E-state index in [0.29, 0.717) is 49.3 Å². The third kappa shape index (κ3) is 4.11. The van der Waals surface area contributed by atoms with Crippen LogP contribution in [0.25, 0.3) is 10.8 Å². The molecule has 28 heavy (non-hydrogen) atoms. The fourth-order valence-electron chi connectivity index (χ4n) is 3.46. The van der Waals surface area contributed by atoms with Crippen molar-refractivity contribution in [2.45, 2.75) is 6.42 Å². The Balaban J connectivity index is 1.40. The number of pyridine rings is 1. The molecule has 1 fully saturated rings. The Kier molecular flexibility index (Phi) is 5.74. The molecule has 1 aliphatic rings. The molecule has 0 radical (unpaired) electrons. The minimum Gasteiger partial charge on any atom is -0.378 e. The van der Waals surface area contributed by atoms with E-state index in [1.54, 1.807) is 17.2 Å². The molecule has 0 spiro atoms. The summed E-state index contributed by atoms with van der Waals surface area (Å²) in [7, 11) is 0. The van der Waals surface area contributed by atoms with Crippen LogP contribution in [-0.4, -0.2) is 48.6 Å². The van der Waals surface area contributed by atoms with Crippen molar-refractivity contribution < 1.29 is 9.53 Å². The number of amides is 1. The highest BCUT2D eigenvalue weighted by atomic mass is 35.5. The van der Waals surface area contributed by atoms with Crippen LogP contribution in [0.2, 0.25) is 5.02 Å². The number of fused-ring (bicyclic) bond motifs is 1. The van der Waals surface area contributed by atoms with Gasteiger partial charge < -0.3 is 15.0 Å². The van der Waals surface area contributed by atoms with Gasteiger partial charge in [-0.2, -0.15) is 0 Å². The molecule has 0 saturated carbocycles. The van der Waals surface area contributed by atoms with E-state index in [-0.39, 0.29) is 5.91 Å². The first-order valence-corrected chi connectivity index (χ1v) is 9.83. The molecule has 2 heterocycles. The van der Waals surface area contributed by atoms with Crippen LogP contribution in [0, 0.1) is 0 Å². The topological polar surface area (TPSA) is 54.5 Å². The minimum atomic E-state index is -0.0556. The van der Waals surface area contributed by atoms with E-state index in [1.807, 2.05) is 6.07 Å². The standard InChI is InChI=1S/C22H22ClN3O2/c23-20-14-18(22(27)26-10-12-28-13-11-26)15-25-21(20)24-9-8-17-6-3-5-16-4-1-2-7-19(16)17/h1-7,14-15H,8-13H2,(H,24,25). The second-order valence-electron chi connectivity index (χ2n) is 6.77. The molecule has 1 N–H and O–H groups in total. The average molecular weight is 396 g/mol. The number of anilines is 1. The number of carbonyl (C=O) groups excluding carboxylic acids is 1. The minimum absolute atomic E-state index is 0.0556. The van der Waals surface area contributed by atoms with E-state index in [0.717, 1.165) is 6.42 Å². The zero-order chi connectivity index (χ0) is 19.3. The fraction of sp³-hybridized carbons (Fsp3) is 0.273. The van der Waals surface area contributed by atoms with Crippen LogP contribution in [-0.2, 0) is 11.2 Å². The molecule has 1 amide bonds. The summed E-state index contributed by atoms with van der Waals surface area (Å²) in [6.45, 7) is 3.04. The van der Waals surface area contributed by atoms with Gasteiger partial charge in [-0.3, -0.25) is 4.79 Å². The Morgan fingerprint density at radius 2 is 1.93 bits per heavy atom. The summed E-state index contributed by atoms with van der Waals surface area (Å²) in [5.41, 5.74) is 1.78. The molecule has 1 saturated heterocycles. The molecule has 6 heteroatoms. The highest BCUT2D eigenvalue weighted by Gasteiger charge is 2.19. The third-order valence-corrected chi connectivity index (χ3v) is 5.24. The molecule has 2 aromatic carbocycles. The van der Waals surface area contributed by atoms with E-state index in [9.17, 15) is 4.79 Å². The first-order valence-electron chi connectivity index (χ1n) is 9.45. The summed E-state index contributed by atoms with van der Waals surface area (Å²) in [6.07, 6.45) is 2.44. The van der Waals surface area contributed by atoms with E-state index >= 15 is 0 Å². The maximum atomic E-state index is 12.5. The number of morpholine rings is 1. The Morgan fingerprint density at radius 1 is 1.14 bits per heavy atom. The van der Waals surface area contributed by atoms with Gasteiger partial charge in [-0.05, 0) is 28.8 Å². The number of aromatic nitrogens is 1. The Hall–Kier alpha value is -2.63. The molecular weight excluding hydrogens is 374 g/mol. The van der Waals surface area contributed by atoms with Crippen LogP contribution in [0.3, 0.4) is 0 Å². The number of halogens is 1. The molecule has 0 bridgehead atoms. The molecule has 4 rings (SSSR count). The van der Waals surface area contributed by atoms with Gasteiger partial charge in [0.2, 0.25) is 0 Å². The van der Waals surface area contributed by atoms with Crippen LogP contribution < -0.4 is 5.32 Å². The normalized spacial score (nSPS) is 14.2. The maximum absolute atomic E-state index is 12.5. The zero-order valence-electron chi connectivity index (χ0n) is 15.5. The number of ether oxygens (including phenoxy) is 1. The van der Waals surface area contributed by atoms with Gasteiger partial charge in [-0.1, -0.05) is 54.1 Å². The van der Waals surface area contributed by atoms with Crippen molar-refractivity contribution in [1.82, 2.24) is 9.88 Å². The lowest BCUT2D eigenvalue weighted by atomic mass is 10.0. The molecule has 144 valence electrons. The smallest absolute Gasteiger partial charge is 0.255 e. The Morgan fingerprint density at radius 3 is 2.75 bits per heavy atom. The zero-order valence-corrected chi connectivity index (χ0v) is 16.3. The van der Waals surface area contributed by atoms with Crippen molar-refractivity contribution in [3.63, 3.8) is 0 Å². The number of hydrogen-bond acceptors (Lipinski definition) is 4. The lowest BCUT2D eigenvalue weighted by molar-refractivity contribution is 0.0302. The average Bonchev–Trinajstić information content (AvgIpc) is 2.75. The van der Waals surface area contributed by atoms with Gasteiger partial charge in [0.25, 0.3) is 5.91 Å². The summed E-state index contributed by atoms with van der Waals surface area (Å²) in [5, 5.41) is 6.24. The predicted octanol–water partition coefficient (Wildman–Crippen LogP) is 4.02. The van der Waals surface area contributed by atoms with E-state index < -0.39 is 0 Å². The molecular formula is C22H22ClN3O2. The lowest BCUT2D eigenvalue weighted by Crippen LogP contribution is -2.40. The largest absolute Gasteiger partial charge is 0.378 e. The van der Waals surface area contributed by atoms with Crippen LogP contribution >= 0.6 is 11.6 Å². The van der Waals surface area contributed by atoms with Gasteiger partial charge in [0.1, 0.15) is 5.82 Å². The molecule has 1 aromatic heterocycles. The number of rotatable bonds is 5. The number of carbonyl (C=O) groups is 1. The summed E-state index contributed by atoms with van der Waals surface area (Å²) >= 11 is 6.37. The van der Waals surface area contributed by atoms with Crippen LogP contribution in [0.4, 0.5) is 5.82 Å². The number of nitrogens with one attached hydrogen (secondary N) is 1. The molecule has 0 aliphatic carbocycles. The van der Waals surface area contributed by atoms with Crippen molar-refractivity contribution in [1.29, 1.82) is 0 Å². The van der Waals surface area contributed by atoms with Crippen LogP contribution in [0.15, 0.2) is 54.7 Å². The molecule has 3 aromatic rings. The number of nitrogens with zero attached hydrogens (tertiary/aromatic N) is 2. The molecule has 0 unspecified atom stereocenters. The van der Waals surface area contributed by atoms with Gasteiger partial charge in [-0.25, -0.2) is 4.98 Å². The lowest BCUT2D eigenvalue weighted by Gasteiger charge is -2.26. The molecule has 5 nitrogen and oxygen atoms in total. The van der Waals surface area contributed by atoms with E-state index in [1.165, 1.54) is 16.3 Å². The van der Waals surface area contributed by atoms with Gasteiger partial charge in [0.15, 0.2) is 0 Å². The molecule has 1 aliphatic heterocycles. The predicted molar refractivity (Wildman–Crippen MR) is 112 cm³/mol. The van der Waals surface area contributed by atoms with E-state index in [2.05, 4.69) is 46.7 Å². The summed E-state index contributed by atoms with van der Waals surface area (Å²) < 4.78 is 5.29. The first kappa shape index (κ1) is 18.7. The Bertz CT molecular complexity index is 981. The summed E-state index contributed by atoms with van der Waals surface area (Å²) in [5.74, 6) is 0.542. The number of hydrogen-bond donors (Lipinski definition) is 1. The SMILES string of the molecule is O=C(c1cnc(NCCc2cccc3ccccc23)c(Cl)c1)N1CCOCC1. The second-order valence-corrected chi connectivity index (χ2v) is 7.18. The Labute approximate surface area is 169 Å². The number of benzene rings is 2. The molecule has 0 atom stereocenters. The maximum Gasteiger partial charge on any atom is 0.255 e. The highest BCUT2D eigenvalue weighted by Crippen LogP contribution is 2.22.